The van der Waals surface area contributed by atoms with Crippen molar-refractivity contribution in [3.05, 3.63) is 110 Å². The number of halogens is 2. The Kier molecular flexibility index (Phi) is 6.77. The zero-order chi connectivity index (χ0) is 23.4. The molecule has 0 aliphatic carbocycles. The highest BCUT2D eigenvalue weighted by molar-refractivity contribution is 6.42. The van der Waals surface area contributed by atoms with Crippen molar-refractivity contribution in [2.75, 3.05) is 6.54 Å². The molecule has 0 aliphatic rings. The topological polar surface area (TPSA) is 85.6 Å². The predicted octanol–water partition coefficient (Wildman–Crippen LogP) is 5.29. The molecule has 8 heteroatoms. The molecule has 1 heterocycles. The van der Waals surface area contributed by atoms with Crippen LogP contribution in [0.3, 0.4) is 0 Å². The summed E-state index contributed by atoms with van der Waals surface area (Å²) in [6, 6.07) is 20.0. The van der Waals surface area contributed by atoms with E-state index in [2.05, 4.69) is 5.32 Å². The number of fused-ring (bicyclic) bond motifs is 1. The first kappa shape index (κ1) is 22.6. The minimum atomic E-state index is -0.785. The van der Waals surface area contributed by atoms with Crippen molar-refractivity contribution in [1.29, 1.82) is 0 Å². The number of ether oxygens (including phenoxy) is 1. The predicted molar refractivity (Wildman–Crippen MR) is 126 cm³/mol. The normalized spacial score (nSPS) is 10.7. The van der Waals surface area contributed by atoms with Crippen molar-refractivity contribution in [1.82, 2.24) is 5.32 Å². The lowest BCUT2D eigenvalue weighted by molar-refractivity contribution is 0.0734. The Labute approximate surface area is 198 Å². The second-order valence-corrected chi connectivity index (χ2v) is 7.97. The van der Waals surface area contributed by atoms with Gasteiger partial charge in [0.2, 0.25) is 0 Å². The van der Waals surface area contributed by atoms with Gasteiger partial charge >= 0.3 is 11.6 Å². The van der Waals surface area contributed by atoms with Gasteiger partial charge < -0.3 is 14.5 Å². The zero-order valence-electron chi connectivity index (χ0n) is 17.1. The van der Waals surface area contributed by atoms with Crippen molar-refractivity contribution < 1.29 is 18.7 Å². The minimum Gasteiger partial charge on any atom is -0.423 e. The summed E-state index contributed by atoms with van der Waals surface area (Å²) in [4.78, 5) is 37.2. The van der Waals surface area contributed by atoms with E-state index in [1.807, 2.05) is 30.3 Å². The van der Waals surface area contributed by atoms with Crippen LogP contribution in [0.2, 0.25) is 10.0 Å². The lowest BCUT2D eigenvalue weighted by atomic mass is 10.1. The van der Waals surface area contributed by atoms with Gasteiger partial charge in [-0.25, -0.2) is 9.59 Å². The molecule has 1 amide bonds. The maximum Gasteiger partial charge on any atom is 0.349 e. The number of nitrogens with one attached hydrogen (secondary N) is 1. The van der Waals surface area contributed by atoms with E-state index in [1.165, 1.54) is 36.4 Å². The number of esters is 1. The molecule has 4 rings (SSSR count). The smallest absolute Gasteiger partial charge is 0.349 e. The molecule has 0 radical (unpaired) electrons. The van der Waals surface area contributed by atoms with Crippen molar-refractivity contribution in [2.24, 2.45) is 0 Å². The molecule has 166 valence electrons. The van der Waals surface area contributed by atoms with Gasteiger partial charge in [0.25, 0.3) is 5.91 Å². The number of carbonyl (C=O) groups excluding carboxylic acids is 2. The second kappa shape index (κ2) is 9.90. The van der Waals surface area contributed by atoms with Crippen molar-refractivity contribution in [3.8, 4) is 5.75 Å². The number of amides is 1. The Morgan fingerprint density at radius 3 is 2.45 bits per heavy atom. The Hall–Kier alpha value is -3.61. The summed E-state index contributed by atoms with van der Waals surface area (Å²) < 4.78 is 10.6. The van der Waals surface area contributed by atoms with Gasteiger partial charge in [0, 0.05) is 18.0 Å². The van der Waals surface area contributed by atoms with Gasteiger partial charge in [-0.05, 0) is 48.4 Å². The lowest BCUT2D eigenvalue weighted by Crippen LogP contribution is -2.29. The molecule has 33 heavy (non-hydrogen) atoms. The molecule has 0 fully saturated rings. The summed E-state index contributed by atoms with van der Waals surface area (Å²) in [6.07, 6.45) is 0.638. The SMILES string of the molecule is O=C(Oc1ccc2cc(C(=O)NCCc3ccccc3)c(=O)oc2c1)c1ccc(Cl)c(Cl)c1. The van der Waals surface area contributed by atoms with Crippen molar-refractivity contribution in [3.63, 3.8) is 0 Å². The first-order valence-corrected chi connectivity index (χ1v) is 10.7. The highest BCUT2D eigenvalue weighted by Gasteiger charge is 2.15. The minimum absolute atomic E-state index is 0.101. The van der Waals surface area contributed by atoms with Crippen LogP contribution in [0.1, 0.15) is 26.3 Å². The molecule has 0 unspecified atom stereocenters. The fourth-order valence-electron chi connectivity index (χ4n) is 3.16. The van der Waals surface area contributed by atoms with Crippen LogP contribution in [0.5, 0.6) is 5.75 Å². The van der Waals surface area contributed by atoms with Gasteiger partial charge in [-0.15, -0.1) is 0 Å². The second-order valence-electron chi connectivity index (χ2n) is 7.16. The molecule has 1 N–H and O–H groups in total. The first-order chi connectivity index (χ1) is 15.9. The van der Waals surface area contributed by atoms with Gasteiger partial charge in [-0.3, -0.25) is 4.79 Å². The van der Waals surface area contributed by atoms with Crippen LogP contribution >= 0.6 is 23.2 Å². The summed E-state index contributed by atoms with van der Waals surface area (Å²) in [5.41, 5.74) is 0.587. The van der Waals surface area contributed by atoms with E-state index in [-0.39, 0.29) is 27.5 Å². The number of hydrogen-bond acceptors (Lipinski definition) is 5. The fourth-order valence-corrected chi connectivity index (χ4v) is 3.46. The molecule has 0 spiro atoms. The maximum absolute atomic E-state index is 12.5. The summed E-state index contributed by atoms with van der Waals surface area (Å²) in [6.45, 7) is 0.379. The summed E-state index contributed by atoms with van der Waals surface area (Å²) in [5, 5.41) is 3.79. The van der Waals surface area contributed by atoms with Gasteiger partial charge in [0.15, 0.2) is 0 Å². The third kappa shape index (κ3) is 5.42. The highest BCUT2D eigenvalue weighted by Crippen LogP contribution is 2.25. The summed E-state index contributed by atoms with van der Waals surface area (Å²) >= 11 is 11.8. The maximum atomic E-state index is 12.5. The van der Waals surface area contributed by atoms with E-state index in [4.69, 9.17) is 32.4 Å². The zero-order valence-corrected chi connectivity index (χ0v) is 18.7. The van der Waals surface area contributed by atoms with Crippen molar-refractivity contribution >= 4 is 46.0 Å². The molecule has 0 bridgehead atoms. The molecule has 6 nitrogen and oxygen atoms in total. The van der Waals surface area contributed by atoms with Crippen LogP contribution in [0.25, 0.3) is 11.0 Å². The highest BCUT2D eigenvalue weighted by atomic mass is 35.5. The van der Waals surface area contributed by atoms with Crippen LogP contribution in [0.4, 0.5) is 0 Å². The van der Waals surface area contributed by atoms with E-state index in [0.29, 0.717) is 23.4 Å². The molecule has 4 aromatic rings. The third-order valence-corrected chi connectivity index (χ3v) is 5.60. The Morgan fingerprint density at radius 1 is 0.909 bits per heavy atom. The quantitative estimate of drug-likeness (QED) is 0.229. The largest absolute Gasteiger partial charge is 0.423 e. The number of rotatable bonds is 6. The molecule has 3 aromatic carbocycles. The van der Waals surface area contributed by atoms with Gasteiger partial charge in [-0.2, -0.15) is 0 Å². The average molecular weight is 482 g/mol. The van der Waals surface area contributed by atoms with Gasteiger partial charge in [0.05, 0.1) is 15.6 Å². The summed E-state index contributed by atoms with van der Waals surface area (Å²) in [5.74, 6) is -0.997. The van der Waals surface area contributed by atoms with Gasteiger partial charge in [-0.1, -0.05) is 53.5 Å². The Morgan fingerprint density at radius 2 is 1.70 bits per heavy atom. The number of benzene rings is 3. The van der Waals surface area contributed by atoms with E-state index >= 15 is 0 Å². The van der Waals surface area contributed by atoms with E-state index < -0.39 is 17.5 Å². The Bertz CT molecular complexity index is 1400. The van der Waals surface area contributed by atoms with Crippen LogP contribution < -0.4 is 15.7 Å². The molecule has 0 aliphatic heterocycles. The molecular weight excluding hydrogens is 465 g/mol. The molecular formula is C25H17Cl2NO5. The van der Waals surface area contributed by atoms with Crippen LogP contribution in [0.15, 0.2) is 82.0 Å². The molecule has 1 aromatic heterocycles. The molecule has 0 saturated carbocycles. The standard InChI is InChI=1S/C25H17Cl2NO5/c26-20-9-7-17(13-21(20)27)24(30)32-18-8-6-16-12-19(25(31)33-22(16)14-18)23(29)28-11-10-15-4-2-1-3-5-15/h1-9,12-14H,10-11H2,(H,28,29). The first-order valence-electron chi connectivity index (χ1n) is 9.98. The monoisotopic (exact) mass is 481 g/mol. The number of carbonyl (C=O) groups is 2. The van der Waals surface area contributed by atoms with E-state index in [0.717, 1.165) is 5.56 Å². The number of hydrogen-bond donors (Lipinski definition) is 1. The van der Waals surface area contributed by atoms with Crippen molar-refractivity contribution in [2.45, 2.75) is 6.42 Å². The van der Waals surface area contributed by atoms with Gasteiger partial charge in [0.1, 0.15) is 16.9 Å². The summed E-state index contributed by atoms with van der Waals surface area (Å²) in [7, 11) is 0. The van der Waals surface area contributed by atoms with Crippen LogP contribution in [-0.4, -0.2) is 18.4 Å². The van der Waals surface area contributed by atoms with Crippen LogP contribution in [-0.2, 0) is 6.42 Å². The third-order valence-electron chi connectivity index (χ3n) is 4.86. The molecule has 0 atom stereocenters. The average Bonchev–Trinajstić information content (AvgIpc) is 2.81. The fraction of sp³-hybridized carbons (Fsp3) is 0.0800. The van der Waals surface area contributed by atoms with E-state index in [9.17, 15) is 14.4 Å². The molecule has 0 saturated heterocycles. The van der Waals surface area contributed by atoms with E-state index in [1.54, 1.807) is 6.07 Å². The Balaban J connectivity index is 1.47. The lowest BCUT2D eigenvalue weighted by Gasteiger charge is -2.08. The van der Waals surface area contributed by atoms with Crippen LogP contribution in [0, 0.1) is 0 Å².